The lowest BCUT2D eigenvalue weighted by atomic mass is 9.99. The molecule has 0 spiro atoms. The van der Waals surface area contributed by atoms with E-state index in [1.165, 1.54) is 0 Å². The molecule has 2 rings (SSSR count). The molecular weight excluding hydrogens is 314 g/mol. The van der Waals surface area contributed by atoms with Gasteiger partial charge in [-0.25, -0.2) is 4.79 Å². The van der Waals surface area contributed by atoms with E-state index in [1.54, 1.807) is 0 Å². The molecule has 5 nitrogen and oxygen atoms in total. The summed E-state index contributed by atoms with van der Waals surface area (Å²) in [4.78, 5) is 22.0. The monoisotopic (exact) mass is 327 g/mol. The number of hydrogen-bond donors (Lipinski definition) is 2. The Balaban J connectivity index is 2.07. The second-order valence-electron chi connectivity index (χ2n) is 4.45. The number of ether oxygens (including phenoxy) is 1. The summed E-state index contributed by atoms with van der Waals surface area (Å²) in [5.74, 6) is -0.266. The summed E-state index contributed by atoms with van der Waals surface area (Å²) in [6.45, 7) is 0. The number of benzene rings is 1. The first-order chi connectivity index (χ1) is 9.04. The first-order valence-electron chi connectivity index (χ1n) is 5.98. The quantitative estimate of drug-likeness (QED) is 0.832. The third kappa shape index (κ3) is 3.96. The summed E-state index contributed by atoms with van der Waals surface area (Å²) >= 11 is 3.35. The number of amides is 1. The molecule has 2 atom stereocenters. The highest BCUT2D eigenvalue weighted by Crippen LogP contribution is 2.20. The molecule has 1 heterocycles. The lowest BCUT2D eigenvalue weighted by molar-refractivity contribution is -0.142. The average Bonchev–Trinajstić information content (AvgIpc) is 2.77. The highest BCUT2D eigenvalue weighted by atomic mass is 79.9. The molecule has 1 amide bonds. The molecule has 0 saturated carbocycles. The molecule has 0 radical (unpaired) electrons. The molecule has 1 fully saturated rings. The van der Waals surface area contributed by atoms with E-state index in [9.17, 15) is 9.59 Å². The Morgan fingerprint density at radius 1 is 1.47 bits per heavy atom. The van der Waals surface area contributed by atoms with Gasteiger partial charge < -0.3 is 15.2 Å². The van der Waals surface area contributed by atoms with Gasteiger partial charge in [-0.1, -0.05) is 28.1 Å². The van der Waals surface area contributed by atoms with Gasteiger partial charge >= 0.3 is 12.1 Å². The molecule has 0 aromatic heterocycles. The standard InChI is InChI=1S/C13H14BrNO4/c14-9-3-1-8(2-4-9)7-10(15-13(17)18)11-5-6-12(16)19-11/h1-4,10-11,15H,5-7H2,(H,17,18)/t10?,11-/m0/s1. The van der Waals surface area contributed by atoms with Crippen molar-refractivity contribution in [2.24, 2.45) is 0 Å². The third-order valence-corrected chi connectivity index (χ3v) is 3.57. The molecule has 1 unspecified atom stereocenters. The van der Waals surface area contributed by atoms with Crippen LogP contribution in [0.1, 0.15) is 18.4 Å². The number of carbonyl (C=O) groups is 2. The topological polar surface area (TPSA) is 75.6 Å². The summed E-state index contributed by atoms with van der Waals surface area (Å²) < 4.78 is 6.11. The minimum Gasteiger partial charge on any atom is -0.465 e. The first kappa shape index (κ1) is 13.9. The lowest BCUT2D eigenvalue weighted by Crippen LogP contribution is -2.44. The normalized spacial score (nSPS) is 19.8. The van der Waals surface area contributed by atoms with E-state index in [1.807, 2.05) is 24.3 Å². The van der Waals surface area contributed by atoms with Crippen molar-refractivity contribution in [3.63, 3.8) is 0 Å². The average molecular weight is 328 g/mol. The number of esters is 1. The van der Waals surface area contributed by atoms with Gasteiger partial charge in [-0.15, -0.1) is 0 Å². The van der Waals surface area contributed by atoms with E-state index < -0.39 is 12.1 Å². The highest BCUT2D eigenvalue weighted by Gasteiger charge is 2.32. The Bertz CT molecular complexity index is 474. The van der Waals surface area contributed by atoms with Crippen LogP contribution in [0.3, 0.4) is 0 Å². The number of hydrogen-bond acceptors (Lipinski definition) is 3. The van der Waals surface area contributed by atoms with Crippen LogP contribution in [-0.4, -0.2) is 29.3 Å². The zero-order valence-corrected chi connectivity index (χ0v) is 11.7. The minimum absolute atomic E-state index is 0.266. The van der Waals surface area contributed by atoms with Crippen molar-refractivity contribution in [3.8, 4) is 0 Å². The van der Waals surface area contributed by atoms with Crippen LogP contribution in [0.4, 0.5) is 4.79 Å². The van der Waals surface area contributed by atoms with Crippen molar-refractivity contribution in [2.45, 2.75) is 31.4 Å². The number of carbonyl (C=O) groups excluding carboxylic acids is 1. The molecule has 0 bridgehead atoms. The zero-order valence-electron chi connectivity index (χ0n) is 10.1. The third-order valence-electron chi connectivity index (χ3n) is 3.04. The van der Waals surface area contributed by atoms with E-state index in [2.05, 4.69) is 21.2 Å². The summed E-state index contributed by atoms with van der Waals surface area (Å²) in [5, 5.41) is 11.3. The molecule has 1 aromatic rings. The summed E-state index contributed by atoms with van der Waals surface area (Å²) in [7, 11) is 0. The predicted molar refractivity (Wildman–Crippen MR) is 71.9 cm³/mol. The van der Waals surface area contributed by atoms with E-state index in [0.29, 0.717) is 19.3 Å². The van der Waals surface area contributed by atoms with Crippen LogP contribution in [0.15, 0.2) is 28.7 Å². The van der Waals surface area contributed by atoms with Crippen LogP contribution >= 0.6 is 15.9 Å². The fraction of sp³-hybridized carbons (Fsp3) is 0.385. The maximum absolute atomic E-state index is 11.1. The van der Waals surface area contributed by atoms with Crippen molar-refractivity contribution in [1.29, 1.82) is 0 Å². The minimum atomic E-state index is -1.11. The van der Waals surface area contributed by atoms with Crippen LogP contribution in [0.5, 0.6) is 0 Å². The van der Waals surface area contributed by atoms with Crippen LogP contribution in [0, 0.1) is 0 Å². The van der Waals surface area contributed by atoms with E-state index in [4.69, 9.17) is 9.84 Å². The van der Waals surface area contributed by atoms with Crippen LogP contribution in [0.25, 0.3) is 0 Å². The Labute approximate surface area is 119 Å². The van der Waals surface area contributed by atoms with Crippen LogP contribution in [0.2, 0.25) is 0 Å². The lowest BCUT2D eigenvalue weighted by Gasteiger charge is -2.22. The Morgan fingerprint density at radius 3 is 2.68 bits per heavy atom. The number of carboxylic acid groups (broad SMARTS) is 1. The van der Waals surface area contributed by atoms with Gasteiger partial charge in [0.25, 0.3) is 0 Å². The van der Waals surface area contributed by atoms with Gasteiger partial charge in [0, 0.05) is 10.9 Å². The van der Waals surface area contributed by atoms with Gasteiger partial charge in [0.15, 0.2) is 0 Å². The molecule has 19 heavy (non-hydrogen) atoms. The number of nitrogens with one attached hydrogen (secondary N) is 1. The van der Waals surface area contributed by atoms with Gasteiger partial charge in [0.2, 0.25) is 0 Å². The molecular formula is C13H14BrNO4. The molecule has 0 aliphatic carbocycles. The van der Waals surface area contributed by atoms with Gasteiger partial charge in [-0.2, -0.15) is 0 Å². The van der Waals surface area contributed by atoms with E-state index in [-0.39, 0.29) is 12.1 Å². The van der Waals surface area contributed by atoms with Crippen molar-refractivity contribution in [3.05, 3.63) is 34.3 Å². The maximum atomic E-state index is 11.1. The fourth-order valence-corrected chi connectivity index (χ4v) is 2.40. The molecule has 1 saturated heterocycles. The molecule has 1 aliphatic rings. The molecule has 1 aliphatic heterocycles. The predicted octanol–water partition coefficient (Wildman–Crippen LogP) is 2.33. The summed E-state index contributed by atoms with van der Waals surface area (Å²) in [6.07, 6.45) is -0.0852. The molecule has 6 heteroatoms. The second kappa shape index (κ2) is 6.06. The Kier molecular flexibility index (Phi) is 4.42. The Morgan fingerprint density at radius 2 is 2.16 bits per heavy atom. The van der Waals surface area contributed by atoms with Crippen molar-refractivity contribution < 1.29 is 19.4 Å². The number of halogens is 1. The fourth-order valence-electron chi connectivity index (χ4n) is 2.14. The van der Waals surface area contributed by atoms with Gasteiger partial charge in [-0.05, 0) is 30.5 Å². The summed E-state index contributed by atoms with van der Waals surface area (Å²) in [5.41, 5.74) is 0.991. The van der Waals surface area contributed by atoms with Gasteiger partial charge in [0.05, 0.1) is 6.04 Å². The highest BCUT2D eigenvalue weighted by molar-refractivity contribution is 9.10. The smallest absolute Gasteiger partial charge is 0.405 e. The largest absolute Gasteiger partial charge is 0.465 e. The van der Waals surface area contributed by atoms with Crippen molar-refractivity contribution >= 4 is 28.0 Å². The van der Waals surface area contributed by atoms with Gasteiger partial charge in [-0.3, -0.25) is 4.79 Å². The van der Waals surface area contributed by atoms with Crippen LogP contribution < -0.4 is 5.32 Å². The zero-order chi connectivity index (χ0) is 13.8. The summed E-state index contributed by atoms with van der Waals surface area (Å²) in [6, 6.07) is 7.21. The SMILES string of the molecule is O=C(O)NC(Cc1ccc(Br)cc1)[C@@H]1CCC(=O)O1. The van der Waals surface area contributed by atoms with Crippen molar-refractivity contribution in [1.82, 2.24) is 5.32 Å². The van der Waals surface area contributed by atoms with Gasteiger partial charge in [0.1, 0.15) is 6.10 Å². The number of rotatable bonds is 4. The van der Waals surface area contributed by atoms with E-state index in [0.717, 1.165) is 10.0 Å². The van der Waals surface area contributed by atoms with E-state index >= 15 is 0 Å². The van der Waals surface area contributed by atoms with Crippen molar-refractivity contribution in [2.75, 3.05) is 0 Å². The van der Waals surface area contributed by atoms with Crippen LogP contribution in [-0.2, 0) is 16.0 Å². The first-order valence-corrected chi connectivity index (χ1v) is 6.77. The Hall–Kier alpha value is -1.56. The maximum Gasteiger partial charge on any atom is 0.405 e. The number of cyclic esters (lactones) is 1. The molecule has 102 valence electrons. The molecule has 1 aromatic carbocycles. The molecule has 2 N–H and O–H groups in total. The second-order valence-corrected chi connectivity index (χ2v) is 5.37.